The van der Waals surface area contributed by atoms with E-state index in [1.807, 2.05) is 87.5 Å². The van der Waals surface area contributed by atoms with E-state index in [2.05, 4.69) is 17.5 Å². The average molecular weight is 568 g/mol. The second-order valence-electron chi connectivity index (χ2n) is 12.0. The van der Waals surface area contributed by atoms with Gasteiger partial charge in [-0.05, 0) is 67.9 Å². The molecule has 42 heavy (non-hydrogen) atoms. The number of nitrogens with zero attached hydrogens (tertiary/aromatic N) is 2. The van der Waals surface area contributed by atoms with E-state index < -0.39 is 17.5 Å². The zero-order valence-electron chi connectivity index (χ0n) is 24.2. The lowest BCUT2D eigenvalue weighted by Gasteiger charge is -2.30. The first-order valence-electron chi connectivity index (χ1n) is 14.3. The molecule has 3 atom stereocenters. The molecule has 1 heterocycles. The molecule has 0 radical (unpaired) electrons. The van der Waals surface area contributed by atoms with E-state index in [0.717, 1.165) is 23.1 Å². The van der Waals surface area contributed by atoms with Crippen molar-refractivity contribution in [3.8, 4) is 11.1 Å². The standard InChI is InChI=1S/C34H37N3O5/c1-34(2,3)42-33(41)36-21-26-17-18-28(19-27(26)22-36)35-29-11-7-8-12-30(29)37(31(38)32(39)40)20-23-13-15-25(16-14-23)24-9-5-4-6-10-24/h4-18,26-28,35H,19-22H2,1-3H3,(H,39,40). The Kier molecular flexibility index (Phi) is 8.34. The molecule has 2 amide bonds. The summed E-state index contributed by atoms with van der Waals surface area (Å²) in [4.78, 5) is 40.6. The Morgan fingerprint density at radius 1 is 0.905 bits per heavy atom. The minimum absolute atomic E-state index is 0.0436. The summed E-state index contributed by atoms with van der Waals surface area (Å²) in [5.74, 6) is -1.99. The number of fused-ring (bicyclic) bond motifs is 1. The van der Waals surface area contributed by atoms with Crippen molar-refractivity contribution in [1.82, 2.24) is 4.90 Å². The highest BCUT2D eigenvalue weighted by Crippen LogP contribution is 2.36. The lowest BCUT2D eigenvalue weighted by Crippen LogP contribution is -2.37. The van der Waals surface area contributed by atoms with E-state index in [1.54, 1.807) is 17.0 Å². The zero-order chi connectivity index (χ0) is 29.9. The topological polar surface area (TPSA) is 99.2 Å². The first kappa shape index (κ1) is 28.9. The number of amides is 2. The van der Waals surface area contributed by atoms with E-state index >= 15 is 0 Å². The highest BCUT2D eigenvalue weighted by Gasteiger charge is 2.38. The van der Waals surface area contributed by atoms with Crippen molar-refractivity contribution >= 4 is 29.3 Å². The van der Waals surface area contributed by atoms with Gasteiger partial charge >= 0.3 is 18.0 Å². The van der Waals surface area contributed by atoms with Crippen molar-refractivity contribution in [1.29, 1.82) is 0 Å². The molecule has 2 N–H and O–H groups in total. The van der Waals surface area contributed by atoms with Gasteiger partial charge in [0.1, 0.15) is 5.60 Å². The van der Waals surface area contributed by atoms with Crippen LogP contribution in [0.3, 0.4) is 0 Å². The van der Waals surface area contributed by atoms with E-state index in [-0.39, 0.29) is 30.5 Å². The Morgan fingerprint density at radius 2 is 1.57 bits per heavy atom. The van der Waals surface area contributed by atoms with Crippen LogP contribution in [-0.2, 0) is 20.9 Å². The number of carbonyl (C=O) groups excluding carboxylic acids is 2. The Morgan fingerprint density at radius 3 is 2.26 bits per heavy atom. The van der Waals surface area contributed by atoms with Crippen LogP contribution in [0.15, 0.2) is 91.0 Å². The molecule has 1 aliphatic carbocycles. The number of aliphatic carboxylic acids is 1. The normalized spacial score (nSPS) is 19.6. The fourth-order valence-corrected chi connectivity index (χ4v) is 5.66. The molecule has 0 aromatic heterocycles. The van der Waals surface area contributed by atoms with Crippen molar-refractivity contribution < 1.29 is 24.2 Å². The third-order valence-electron chi connectivity index (χ3n) is 7.66. The second-order valence-corrected chi connectivity index (χ2v) is 12.0. The second kappa shape index (κ2) is 12.1. The van der Waals surface area contributed by atoms with Crippen LogP contribution in [0.2, 0.25) is 0 Å². The monoisotopic (exact) mass is 567 g/mol. The molecule has 3 aromatic carbocycles. The molecule has 0 saturated carbocycles. The van der Waals surface area contributed by atoms with E-state index in [0.29, 0.717) is 24.5 Å². The number of carbonyl (C=O) groups is 3. The number of hydrogen-bond acceptors (Lipinski definition) is 5. The Bertz CT molecular complexity index is 1460. The van der Waals surface area contributed by atoms with Gasteiger partial charge in [0.05, 0.1) is 17.9 Å². The van der Waals surface area contributed by atoms with Crippen molar-refractivity contribution in [3.63, 3.8) is 0 Å². The number of para-hydroxylation sites is 2. The van der Waals surface area contributed by atoms with Gasteiger partial charge in [0.2, 0.25) is 0 Å². The first-order valence-corrected chi connectivity index (χ1v) is 14.3. The molecule has 3 aromatic rings. The predicted molar refractivity (Wildman–Crippen MR) is 163 cm³/mol. The molecule has 5 rings (SSSR count). The maximum absolute atomic E-state index is 13.0. The number of carboxylic acids is 1. The van der Waals surface area contributed by atoms with Crippen LogP contribution in [0.1, 0.15) is 32.8 Å². The maximum atomic E-state index is 13.0. The van der Waals surface area contributed by atoms with Crippen molar-refractivity contribution in [2.24, 2.45) is 11.8 Å². The summed E-state index contributed by atoms with van der Waals surface area (Å²) in [6.45, 7) is 6.95. The lowest BCUT2D eigenvalue weighted by molar-refractivity contribution is -0.148. The Hall–Kier alpha value is -4.59. The number of nitrogens with one attached hydrogen (secondary N) is 1. The van der Waals surface area contributed by atoms with E-state index in [1.165, 1.54) is 4.90 Å². The molecule has 8 nitrogen and oxygen atoms in total. The summed E-state index contributed by atoms with van der Waals surface area (Å²) in [5, 5.41) is 13.2. The first-order chi connectivity index (χ1) is 20.1. The minimum Gasteiger partial charge on any atom is -0.474 e. The molecule has 0 spiro atoms. The van der Waals surface area contributed by atoms with E-state index in [4.69, 9.17) is 4.74 Å². The van der Waals surface area contributed by atoms with Crippen LogP contribution in [-0.4, -0.2) is 52.7 Å². The fourth-order valence-electron chi connectivity index (χ4n) is 5.66. The summed E-state index contributed by atoms with van der Waals surface area (Å²) in [6, 6.07) is 25.0. The van der Waals surface area contributed by atoms with Crippen LogP contribution < -0.4 is 10.2 Å². The Balaban J connectivity index is 1.31. The summed E-state index contributed by atoms with van der Waals surface area (Å²) >= 11 is 0. The highest BCUT2D eigenvalue weighted by molar-refractivity contribution is 6.37. The van der Waals surface area contributed by atoms with Gasteiger partial charge in [-0.2, -0.15) is 0 Å². The number of carboxylic acid groups (broad SMARTS) is 1. The van der Waals surface area contributed by atoms with Crippen LogP contribution in [0.4, 0.5) is 16.2 Å². The molecular weight excluding hydrogens is 530 g/mol. The SMILES string of the molecule is CC(C)(C)OC(=O)N1CC2C=CC(Nc3ccccc3N(Cc3ccc(-c4ccccc4)cc3)C(=O)C(=O)O)CC2C1. The number of hydrogen-bond donors (Lipinski definition) is 2. The summed E-state index contributed by atoms with van der Waals surface area (Å²) in [7, 11) is 0. The fraction of sp³-hybridized carbons (Fsp3) is 0.324. The average Bonchev–Trinajstić information content (AvgIpc) is 3.40. The molecule has 1 aliphatic heterocycles. The third kappa shape index (κ3) is 6.82. The van der Waals surface area contributed by atoms with Crippen LogP contribution in [0.5, 0.6) is 0 Å². The third-order valence-corrected chi connectivity index (χ3v) is 7.66. The van der Waals surface area contributed by atoms with Gasteiger partial charge in [0.15, 0.2) is 0 Å². The van der Waals surface area contributed by atoms with Gasteiger partial charge in [-0.3, -0.25) is 9.69 Å². The molecule has 8 heteroatoms. The van der Waals surface area contributed by atoms with Gasteiger partial charge in [-0.15, -0.1) is 0 Å². The van der Waals surface area contributed by atoms with Gasteiger partial charge in [-0.1, -0.05) is 78.9 Å². The quantitative estimate of drug-likeness (QED) is 0.272. The summed E-state index contributed by atoms with van der Waals surface area (Å²) in [6.07, 6.45) is 4.75. The summed E-state index contributed by atoms with van der Waals surface area (Å²) in [5.41, 5.74) is 3.55. The number of rotatable bonds is 6. The minimum atomic E-state index is -1.51. The van der Waals surface area contributed by atoms with Crippen molar-refractivity contribution in [2.45, 2.75) is 45.4 Å². The molecule has 1 saturated heterocycles. The molecular formula is C34H37N3O5. The van der Waals surface area contributed by atoms with Crippen LogP contribution >= 0.6 is 0 Å². The van der Waals surface area contributed by atoms with Crippen LogP contribution in [0.25, 0.3) is 11.1 Å². The highest BCUT2D eigenvalue weighted by atomic mass is 16.6. The van der Waals surface area contributed by atoms with Gasteiger partial charge in [0, 0.05) is 19.1 Å². The largest absolute Gasteiger partial charge is 0.474 e. The van der Waals surface area contributed by atoms with Gasteiger partial charge in [0.25, 0.3) is 0 Å². The van der Waals surface area contributed by atoms with Crippen molar-refractivity contribution in [2.75, 3.05) is 23.3 Å². The summed E-state index contributed by atoms with van der Waals surface area (Å²) < 4.78 is 5.57. The van der Waals surface area contributed by atoms with Crippen LogP contribution in [0, 0.1) is 11.8 Å². The molecule has 3 unspecified atom stereocenters. The molecule has 2 aliphatic rings. The number of likely N-dealkylation sites (tertiary alicyclic amines) is 1. The van der Waals surface area contributed by atoms with Gasteiger partial charge < -0.3 is 20.1 Å². The van der Waals surface area contributed by atoms with Crippen molar-refractivity contribution in [3.05, 3.63) is 96.6 Å². The number of ether oxygens (including phenoxy) is 1. The number of benzene rings is 3. The maximum Gasteiger partial charge on any atom is 0.410 e. The molecule has 218 valence electrons. The molecule has 0 bridgehead atoms. The smallest absolute Gasteiger partial charge is 0.410 e. The predicted octanol–water partition coefficient (Wildman–Crippen LogP) is 6.19. The van der Waals surface area contributed by atoms with E-state index in [9.17, 15) is 19.5 Å². The van der Waals surface area contributed by atoms with Gasteiger partial charge in [-0.25, -0.2) is 9.59 Å². The Labute approximate surface area is 246 Å². The number of anilines is 2. The zero-order valence-corrected chi connectivity index (χ0v) is 24.2. The molecule has 1 fully saturated rings. The lowest BCUT2D eigenvalue weighted by atomic mass is 9.84.